The molecular weight excluding hydrogens is 242 g/mol. The molecule has 0 aliphatic heterocycles. The molecule has 0 saturated carbocycles. The third-order valence-electron chi connectivity index (χ3n) is 2.46. The summed E-state index contributed by atoms with van der Waals surface area (Å²) in [6, 6.07) is 7.97. The minimum atomic E-state index is -0.141. The monoisotopic (exact) mass is 265 g/mol. The molecule has 1 rings (SSSR count). The highest BCUT2D eigenvalue weighted by Crippen LogP contribution is 2.08. The van der Waals surface area contributed by atoms with E-state index in [1.807, 2.05) is 38.1 Å². The first kappa shape index (κ1) is 15.3. The van der Waals surface area contributed by atoms with Crippen molar-refractivity contribution >= 4 is 11.7 Å². The molecule has 0 atom stereocenters. The molecule has 0 fully saturated rings. The normalized spacial score (nSPS) is 10.3. The Morgan fingerprint density at radius 1 is 1.26 bits per heavy atom. The van der Waals surface area contributed by atoms with Gasteiger partial charge in [-0.15, -0.1) is 0 Å². The van der Waals surface area contributed by atoms with Gasteiger partial charge in [-0.05, 0) is 31.5 Å². The van der Waals surface area contributed by atoms with Crippen LogP contribution in [0, 0.1) is 0 Å². The highest BCUT2D eigenvalue weighted by Gasteiger charge is 2.01. The molecule has 106 valence electrons. The average Bonchev–Trinajstić information content (AvgIpc) is 2.37. The second-order valence-corrected chi connectivity index (χ2v) is 4.60. The summed E-state index contributed by atoms with van der Waals surface area (Å²) in [5.74, 6) is 0. The van der Waals surface area contributed by atoms with E-state index in [1.165, 1.54) is 0 Å². The van der Waals surface area contributed by atoms with E-state index >= 15 is 0 Å². The highest BCUT2D eigenvalue weighted by molar-refractivity contribution is 5.74. The van der Waals surface area contributed by atoms with Crippen molar-refractivity contribution in [1.82, 2.24) is 10.6 Å². The van der Waals surface area contributed by atoms with E-state index in [4.69, 9.17) is 4.74 Å². The summed E-state index contributed by atoms with van der Waals surface area (Å²) in [6.45, 7) is 5.85. The van der Waals surface area contributed by atoms with Gasteiger partial charge in [0.1, 0.15) is 0 Å². The minimum absolute atomic E-state index is 0.141. The smallest absolute Gasteiger partial charge is 0.315 e. The lowest BCUT2D eigenvalue weighted by Crippen LogP contribution is -2.39. The molecule has 0 bridgehead atoms. The number of carbonyl (C=O) groups is 1. The van der Waals surface area contributed by atoms with E-state index in [9.17, 15) is 4.79 Å². The fourth-order valence-electron chi connectivity index (χ4n) is 1.53. The number of rotatable bonds is 7. The van der Waals surface area contributed by atoms with Gasteiger partial charge in [-0.2, -0.15) is 0 Å². The quantitative estimate of drug-likeness (QED) is 0.660. The number of urea groups is 1. The van der Waals surface area contributed by atoms with E-state index in [0.29, 0.717) is 13.2 Å². The second kappa shape index (κ2) is 8.37. The number of ether oxygens (including phenoxy) is 1. The van der Waals surface area contributed by atoms with Crippen molar-refractivity contribution in [1.29, 1.82) is 0 Å². The Kier molecular flexibility index (Phi) is 6.74. The lowest BCUT2D eigenvalue weighted by molar-refractivity contribution is 0.211. The molecule has 0 radical (unpaired) electrons. The van der Waals surface area contributed by atoms with Crippen molar-refractivity contribution in [3.8, 4) is 0 Å². The van der Waals surface area contributed by atoms with Crippen LogP contribution in [0.25, 0.3) is 0 Å². The molecule has 0 aliphatic rings. The van der Waals surface area contributed by atoms with Crippen molar-refractivity contribution in [2.45, 2.75) is 26.4 Å². The molecule has 3 N–H and O–H groups in total. The summed E-state index contributed by atoms with van der Waals surface area (Å²) in [7, 11) is 1.68. The number of hydrogen-bond acceptors (Lipinski definition) is 3. The summed E-state index contributed by atoms with van der Waals surface area (Å²) in [4.78, 5) is 11.4. The maximum atomic E-state index is 11.4. The van der Waals surface area contributed by atoms with Crippen molar-refractivity contribution in [3.05, 3.63) is 29.8 Å². The average molecular weight is 265 g/mol. The zero-order valence-electron chi connectivity index (χ0n) is 11.8. The number of methoxy groups -OCH3 is 1. The van der Waals surface area contributed by atoms with Crippen LogP contribution < -0.4 is 16.0 Å². The van der Waals surface area contributed by atoms with E-state index in [0.717, 1.165) is 17.8 Å². The van der Waals surface area contributed by atoms with Gasteiger partial charge in [0.25, 0.3) is 0 Å². The van der Waals surface area contributed by atoms with Crippen LogP contribution in [-0.4, -0.2) is 32.3 Å². The lowest BCUT2D eigenvalue weighted by Gasteiger charge is -2.11. The zero-order chi connectivity index (χ0) is 14.1. The Balaban J connectivity index is 2.33. The molecule has 1 aromatic rings. The van der Waals surface area contributed by atoms with Gasteiger partial charge in [-0.25, -0.2) is 4.79 Å². The van der Waals surface area contributed by atoms with Crippen LogP contribution in [0.5, 0.6) is 0 Å². The first-order valence-electron chi connectivity index (χ1n) is 6.48. The van der Waals surface area contributed by atoms with Gasteiger partial charge < -0.3 is 20.7 Å². The van der Waals surface area contributed by atoms with Crippen molar-refractivity contribution < 1.29 is 9.53 Å². The number of amides is 2. The molecule has 0 saturated heterocycles. The number of benzene rings is 1. The maximum Gasteiger partial charge on any atom is 0.315 e. The largest absolute Gasteiger partial charge is 0.383 e. The molecule has 0 heterocycles. The van der Waals surface area contributed by atoms with Crippen molar-refractivity contribution in [2.75, 3.05) is 25.6 Å². The summed E-state index contributed by atoms with van der Waals surface area (Å²) in [5.41, 5.74) is 2.11. The minimum Gasteiger partial charge on any atom is -0.383 e. The summed E-state index contributed by atoms with van der Waals surface area (Å²) in [6.07, 6.45) is 0. The Bertz CT molecular complexity index is 377. The fourth-order valence-corrected chi connectivity index (χ4v) is 1.53. The van der Waals surface area contributed by atoms with E-state index < -0.39 is 0 Å². The van der Waals surface area contributed by atoms with Gasteiger partial charge in [-0.1, -0.05) is 12.1 Å². The van der Waals surface area contributed by atoms with Gasteiger partial charge in [-0.3, -0.25) is 0 Å². The molecule has 0 unspecified atom stereocenters. The van der Waals surface area contributed by atoms with Crippen LogP contribution in [0.2, 0.25) is 0 Å². The second-order valence-electron chi connectivity index (χ2n) is 4.60. The van der Waals surface area contributed by atoms with Crippen LogP contribution in [0.4, 0.5) is 10.5 Å². The number of carbonyl (C=O) groups excluding carboxylic acids is 1. The summed E-state index contributed by atoms with van der Waals surface area (Å²) < 4.78 is 4.97. The van der Waals surface area contributed by atoms with Gasteiger partial charge in [0.2, 0.25) is 0 Å². The first-order chi connectivity index (χ1) is 9.11. The Labute approximate surface area is 114 Å². The lowest BCUT2D eigenvalue weighted by atomic mass is 10.2. The number of anilines is 1. The van der Waals surface area contributed by atoms with Crippen LogP contribution >= 0.6 is 0 Å². The predicted molar refractivity (Wildman–Crippen MR) is 77.3 cm³/mol. The van der Waals surface area contributed by atoms with Crippen LogP contribution in [0.1, 0.15) is 19.4 Å². The molecule has 5 heteroatoms. The number of nitrogens with one attached hydrogen (secondary N) is 3. The van der Waals surface area contributed by atoms with Crippen LogP contribution in [-0.2, 0) is 11.3 Å². The van der Waals surface area contributed by atoms with Crippen LogP contribution in [0.3, 0.4) is 0 Å². The molecule has 2 amide bonds. The SMILES string of the molecule is COCCNc1ccc(CNC(=O)NC(C)C)cc1. The van der Waals surface area contributed by atoms with Gasteiger partial charge in [0.05, 0.1) is 6.61 Å². The maximum absolute atomic E-state index is 11.4. The van der Waals surface area contributed by atoms with E-state index in [2.05, 4.69) is 16.0 Å². The zero-order valence-corrected chi connectivity index (χ0v) is 11.8. The predicted octanol–water partition coefficient (Wildman–Crippen LogP) is 1.95. The van der Waals surface area contributed by atoms with Gasteiger partial charge in [0, 0.05) is 31.9 Å². The summed E-state index contributed by atoms with van der Waals surface area (Å²) >= 11 is 0. The van der Waals surface area contributed by atoms with E-state index in [1.54, 1.807) is 7.11 Å². The van der Waals surface area contributed by atoms with Gasteiger partial charge in [0.15, 0.2) is 0 Å². The topological polar surface area (TPSA) is 62.4 Å². The molecule has 1 aromatic carbocycles. The fraction of sp³-hybridized carbons (Fsp3) is 0.500. The molecular formula is C14H23N3O2. The Morgan fingerprint density at radius 2 is 1.95 bits per heavy atom. The molecule has 0 spiro atoms. The molecule has 19 heavy (non-hydrogen) atoms. The van der Waals surface area contributed by atoms with E-state index in [-0.39, 0.29) is 12.1 Å². The van der Waals surface area contributed by atoms with Crippen molar-refractivity contribution in [2.24, 2.45) is 0 Å². The first-order valence-corrected chi connectivity index (χ1v) is 6.48. The Morgan fingerprint density at radius 3 is 2.53 bits per heavy atom. The third kappa shape index (κ3) is 6.67. The number of hydrogen-bond donors (Lipinski definition) is 3. The van der Waals surface area contributed by atoms with Gasteiger partial charge >= 0.3 is 6.03 Å². The molecule has 5 nitrogen and oxygen atoms in total. The molecule has 0 aromatic heterocycles. The Hall–Kier alpha value is -1.75. The van der Waals surface area contributed by atoms with Crippen molar-refractivity contribution in [3.63, 3.8) is 0 Å². The van der Waals surface area contributed by atoms with Crippen LogP contribution in [0.15, 0.2) is 24.3 Å². The summed E-state index contributed by atoms with van der Waals surface area (Å²) in [5, 5.41) is 8.83. The standard InChI is InChI=1S/C14H23N3O2/c1-11(2)17-14(18)16-10-12-4-6-13(7-5-12)15-8-9-19-3/h4-7,11,15H,8-10H2,1-3H3,(H2,16,17,18). The highest BCUT2D eigenvalue weighted by atomic mass is 16.5. The molecule has 0 aliphatic carbocycles. The third-order valence-corrected chi connectivity index (χ3v) is 2.46.